The molecule has 1 aliphatic heterocycles. The average Bonchev–Trinajstić information content (AvgIpc) is 2.29. The standard InChI is InChI=1S/C14H22N2/c1-4-13-9-15-12(3)10-16(13)14-8-6-5-7-11(14)2/h5-8,12-13,15H,4,9-10H2,1-3H3. The highest BCUT2D eigenvalue weighted by molar-refractivity contribution is 5.54. The number of rotatable bonds is 2. The highest BCUT2D eigenvalue weighted by atomic mass is 15.2. The molecule has 2 atom stereocenters. The molecule has 1 N–H and O–H groups in total. The first kappa shape index (κ1) is 11.5. The summed E-state index contributed by atoms with van der Waals surface area (Å²) in [7, 11) is 0. The van der Waals surface area contributed by atoms with Crippen LogP contribution in [0.2, 0.25) is 0 Å². The Morgan fingerprint density at radius 2 is 2.12 bits per heavy atom. The molecule has 1 heterocycles. The molecule has 0 bridgehead atoms. The maximum absolute atomic E-state index is 3.56. The molecule has 0 saturated carbocycles. The van der Waals surface area contributed by atoms with Gasteiger partial charge in [-0.3, -0.25) is 0 Å². The largest absolute Gasteiger partial charge is 0.366 e. The monoisotopic (exact) mass is 218 g/mol. The molecule has 0 aliphatic carbocycles. The van der Waals surface area contributed by atoms with Crippen LogP contribution >= 0.6 is 0 Å². The van der Waals surface area contributed by atoms with Gasteiger partial charge in [-0.15, -0.1) is 0 Å². The first-order valence-electron chi connectivity index (χ1n) is 6.28. The van der Waals surface area contributed by atoms with Crippen LogP contribution in [0.15, 0.2) is 24.3 Å². The number of para-hydroxylation sites is 1. The van der Waals surface area contributed by atoms with Crippen LogP contribution in [0.4, 0.5) is 5.69 Å². The maximum atomic E-state index is 3.56. The Bertz CT molecular complexity index is 348. The molecule has 2 heteroatoms. The third-order valence-corrected chi connectivity index (χ3v) is 3.51. The Morgan fingerprint density at radius 1 is 1.38 bits per heavy atom. The first-order chi connectivity index (χ1) is 7.72. The van der Waals surface area contributed by atoms with Crippen molar-refractivity contribution in [1.82, 2.24) is 5.32 Å². The minimum Gasteiger partial charge on any atom is -0.366 e. The quantitative estimate of drug-likeness (QED) is 0.820. The predicted octanol–water partition coefficient (Wildman–Crippen LogP) is 2.57. The molecule has 0 amide bonds. The zero-order chi connectivity index (χ0) is 11.5. The Morgan fingerprint density at radius 3 is 2.81 bits per heavy atom. The van der Waals surface area contributed by atoms with Gasteiger partial charge in [0.15, 0.2) is 0 Å². The van der Waals surface area contributed by atoms with Crippen LogP contribution in [-0.4, -0.2) is 25.2 Å². The second-order valence-corrected chi connectivity index (χ2v) is 4.81. The number of benzene rings is 1. The lowest BCUT2D eigenvalue weighted by Gasteiger charge is -2.41. The molecule has 0 aromatic heterocycles. The van der Waals surface area contributed by atoms with Gasteiger partial charge in [-0.25, -0.2) is 0 Å². The first-order valence-corrected chi connectivity index (χ1v) is 6.28. The summed E-state index contributed by atoms with van der Waals surface area (Å²) in [6, 6.07) is 9.93. The number of piperazine rings is 1. The smallest absolute Gasteiger partial charge is 0.0412 e. The summed E-state index contributed by atoms with van der Waals surface area (Å²) in [6.45, 7) is 8.95. The second-order valence-electron chi connectivity index (χ2n) is 4.81. The molecular weight excluding hydrogens is 196 g/mol. The lowest BCUT2D eigenvalue weighted by molar-refractivity contribution is 0.402. The third kappa shape index (κ3) is 2.22. The van der Waals surface area contributed by atoms with Crippen molar-refractivity contribution >= 4 is 5.69 Å². The summed E-state index contributed by atoms with van der Waals surface area (Å²) in [5.41, 5.74) is 2.79. The van der Waals surface area contributed by atoms with Gasteiger partial charge < -0.3 is 10.2 Å². The van der Waals surface area contributed by atoms with Gasteiger partial charge in [0.25, 0.3) is 0 Å². The molecule has 2 rings (SSSR count). The van der Waals surface area contributed by atoms with Gasteiger partial charge in [0.05, 0.1) is 0 Å². The summed E-state index contributed by atoms with van der Waals surface area (Å²) >= 11 is 0. The van der Waals surface area contributed by atoms with Crippen LogP contribution in [0.25, 0.3) is 0 Å². The Kier molecular flexibility index (Phi) is 3.49. The lowest BCUT2D eigenvalue weighted by Crippen LogP contribution is -2.55. The molecule has 1 aliphatic rings. The second kappa shape index (κ2) is 4.88. The van der Waals surface area contributed by atoms with E-state index in [9.17, 15) is 0 Å². The van der Waals surface area contributed by atoms with Crippen LogP contribution in [0, 0.1) is 6.92 Å². The van der Waals surface area contributed by atoms with E-state index >= 15 is 0 Å². The van der Waals surface area contributed by atoms with Crippen LogP contribution in [0.1, 0.15) is 25.8 Å². The topological polar surface area (TPSA) is 15.3 Å². The van der Waals surface area contributed by atoms with E-state index in [1.807, 2.05) is 0 Å². The van der Waals surface area contributed by atoms with Gasteiger partial charge in [-0.05, 0) is 31.9 Å². The Labute approximate surface area is 98.7 Å². The van der Waals surface area contributed by atoms with Crippen molar-refractivity contribution < 1.29 is 0 Å². The van der Waals surface area contributed by atoms with Gasteiger partial charge in [0.2, 0.25) is 0 Å². The van der Waals surface area contributed by atoms with E-state index in [2.05, 4.69) is 55.3 Å². The van der Waals surface area contributed by atoms with E-state index in [-0.39, 0.29) is 0 Å². The lowest BCUT2D eigenvalue weighted by atomic mass is 10.0. The molecule has 1 fully saturated rings. The molecule has 1 saturated heterocycles. The molecule has 0 radical (unpaired) electrons. The summed E-state index contributed by atoms with van der Waals surface area (Å²) < 4.78 is 0. The zero-order valence-electron chi connectivity index (χ0n) is 10.5. The zero-order valence-corrected chi connectivity index (χ0v) is 10.5. The van der Waals surface area contributed by atoms with E-state index in [4.69, 9.17) is 0 Å². The van der Waals surface area contributed by atoms with E-state index in [1.165, 1.54) is 17.7 Å². The third-order valence-electron chi connectivity index (χ3n) is 3.51. The fraction of sp³-hybridized carbons (Fsp3) is 0.571. The Balaban J connectivity index is 2.26. The number of aryl methyl sites for hydroxylation is 1. The molecule has 0 spiro atoms. The van der Waals surface area contributed by atoms with E-state index in [0.29, 0.717) is 12.1 Å². The number of anilines is 1. The van der Waals surface area contributed by atoms with Crippen molar-refractivity contribution in [2.75, 3.05) is 18.0 Å². The molecule has 1 aromatic rings. The van der Waals surface area contributed by atoms with Crippen molar-refractivity contribution in [3.63, 3.8) is 0 Å². The number of hydrogen-bond donors (Lipinski definition) is 1. The SMILES string of the molecule is CCC1CNC(C)CN1c1ccccc1C. The van der Waals surface area contributed by atoms with E-state index in [0.717, 1.165) is 13.1 Å². The molecule has 88 valence electrons. The molecule has 1 aromatic carbocycles. The van der Waals surface area contributed by atoms with Gasteiger partial charge in [0, 0.05) is 30.9 Å². The van der Waals surface area contributed by atoms with E-state index < -0.39 is 0 Å². The molecule has 2 unspecified atom stereocenters. The fourth-order valence-electron chi connectivity index (χ4n) is 2.50. The normalized spacial score (nSPS) is 25.8. The van der Waals surface area contributed by atoms with Crippen molar-refractivity contribution in [3.8, 4) is 0 Å². The maximum Gasteiger partial charge on any atom is 0.0412 e. The van der Waals surface area contributed by atoms with Crippen LogP contribution < -0.4 is 10.2 Å². The molecule has 2 nitrogen and oxygen atoms in total. The van der Waals surface area contributed by atoms with Crippen LogP contribution in [0.5, 0.6) is 0 Å². The van der Waals surface area contributed by atoms with Crippen molar-refractivity contribution in [1.29, 1.82) is 0 Å². The van der Waals surface area contributed by atoms with Gasteiger partial charge in [-0.1, -0.05) is 25.1 Å². The highest BCUT2D eigenvalue weighted by Crippen LogP contribution is 2.24. The van der Waals surface area contributed by atoms with Crippen molar-refractivity contribution in [2.45, 2.75) is 39.3 Å². The number of nitrogens with zero attached hydrogens (tertiary/aromatic N) is 1. The van der Waals surface area contributed by atoms with Crippen LogP contribution in [0.3, 0.4) is 0 Å². The van der Waals surface area contributed by atoms with E-state index in [1.54, 1.807) is 0 Å². The molecular formula is C14H22N2. The fourth-order valence-corrected chi connectivity index (χ4v) is 2.50. The van der Waals surface area contributed by atoms with Crippen molar-refractivity contribution in [2.24, 2.45) is 0 Å². The van der Waals surface area contributed by atoms with Gasteiger partial charge in [0.1, 0.15) is 0 Å². The Hall–Kier alpha value is -1.02. The summed E-state index contributed by atoms with van der Waals surface area (Å²) in [5.74, 6) is 0. The molecule has 16 heavy (non-hydrogen) atoms. The number of nitrogens with one attached hydrogen (secondary N) is 1. The summed E-state index contributed by atoms with van der Waals surface area (Å²) in [4.78, 5) is 2.57. The predicted molar refractivity (Wildman–Crippen MR) is 70.1 cm³/mol. The van der Waals surface area contributed by atoms with Crippen LogP contribution in [-0.2, 0) is 0 Å². The summed E-state index contributed by atoms with van der Waals surface area (Å²) in [5, 5.41) is 3.56. The van der Waals surface area contributed by atoms with Crippen molar-refractivity contribution in [3.05, 3.63) is 29.8 Å². The minimum absolute atomic E-state index is 0.586. The highest BCUT2D eigenvalue weighted by Gasteiger charge is 2.25. The average molecular weight is 218 g/mol. The summed E-state index contributed by atoms with van der Waals surface area (Å²) in [6.07, 6.45) is 1.20. The van der Waals surface area contributed by atoms with Gasteiger partial charge >= 0.3 is 0 Å². The van der Waals surface area contributed by atoms with Gasteiger partial charge in [-0.2, -0.15) is 0 Å². The minimum atomic E-state index is 0.586. The number of hydrogen-bond acceptors (Lipinski definition) is 2.